The lowest BCUT2D eigenvalue weighted by atomic mass is 10.0. The van der Waals surface area contributed by atoms with Gasteiger partial charge >= 0.3 is 17.9 Å². The number of esters is 3. The van der Waals surface area contributed by atoms with Crippen LogP contribution in [0.5, 0.6) is 0 Å². The van der Waals surface area contributed by atoms with Crippen molar-refractivity contribution in [1.29, 1.82) is 0 Å². The molecule has 0 bridgehead atoms. The second kappa shape index (κ2) is 60.4. The third-order valence-corrected chi connectivity index (χ3v) is 14.4. The molecule has 0 aromatic heterocycles. The van der Waals surface area contributed by atoms with Gasteiger partial charge in [-0.1, -0.05) is 289 Å². The van der Waals surface area contributed by atoms with Crippen LogP contribution in [0.1, 0.15) is 355 Å². The Morgan fingerprint density at radius 2 is 0.465 bits per heavy atom. The maximum atomic E-state index is 12.9. The molecular formula is C65H122O6. The smallest absolute Gasteiger partial charge is 0.306 e. The second-order valence-corrected chi connectivity index (χ2v) is 21.7. The molecule has 0 aromatic carbocycles. The molecule has 71 heavy (non-hydrogen) atoms. The molecule has 0 aliphatic carbocycles. The zero-order valence-electron chi connectivity index (χ0n) is 48.0. The highest BCUT2D eigenvalue weighted by Crippen LogP contribution is 2.18. The average molecular weight is 1000 g/mol. The molecule has 0 amide bonds. The lowest BCUT2D eigenvalue weighted by molar-refractivity contribution is -0.167. The number of allylic oxidation sites excluding steroid dienone is 4. The molecule has 0 saturated carbocycles. The van der Waals surface area contributed by atoms with Crippen LogP contribution in [0.2, 0.25) is 0 Å². The average Bonchev–Trinajstić information content (AvgIpc) is 3.37. The van der Waals surface area contributed by atoms with Crippen molar-refractivity contribution >= 4 is 17.9 Å². The van der Waals surface area contributed by atoms with Crippen molar-refractivity contribution in [3.63, 3.8) is 0 Å². The molecule has 0 heterocycles. The fourth-order valence-electron chi connectivity index (χ4n) is 9.61. The monoisotopic (exact) mass is 999 g/mol. The van der Waals surface area contributed by atoms with Gasteiger partial charge in [0.2, 0.25) is 0 Å². The highest BCUT2D eigenvalue weighted by atomic mass is 16.6. The molecule has 0 aromatic rings. The largest absolute Gasteiger partial charge is 0.462 e. The van der Waals surface area contributed by atoms with Gasteiger partial charge in [-0.2, -0.15) is 0 Å². The number of ether oxygens (including phenoxy) is 3. The van der Waals surface area contributed by atoms with Gasteiger partial charge in [-0.05, 0) is 70.6 Å². The maximum absolute atomic E-state index is 12.9. The van der Waals surface area contributed by atoms with Crippen LogP contribution in [0.25, 0.3) is 0 Å². The van der Waals surface area contributed by atoms with E-state index in [1.807, 2.05) is 0 Å². The predicted octanol–water partition coefficient (Wildman–Crippen LogP) is 21.4. The molecule has 0 fully saturated rings. The fraction of sp³-hybridized carbons (Fsp3) is 0.892. The molecule has 0 aliphatic heterocycles. The third-order valence-electron chi connectivity index (χ3n) is 14.4. The normalized spacial score (nSPS) is 12.1. The minimum Gasteiger partial charge on any atom is -0.462 e. The minimum absolute atomic E-state index is 0.0727. The molecule has 0 saturated heterocycles. The first kappa shape index (κ1) is 68.9. The van der Waals surface area contributed by atoms with Crippen LogP contribution in [-0.2, 0) is 28.6 Å². The zero-order valence-corrected chi connectivity index (χ0v) is 48.0. The van der Waals surface area contributed by atoms with Crippen LogP contribution in [-0.4, -0.2) is 37.2 Å². The van der Waals surface area contributed by atoms with Crippen molar-refractivity contribution in [2.45, 2.75) is 361 Å². The Labute approximate surface area is 443 Å². The first-order valence-corrected chi connectivity index (χ1v) is 31.8. The van der Waals surface area contributed by atoms with Gasteiger partial charge in [0.1, 0.15) is 13.2 Å². The van der Waals surface area contributed by atoms with Gasteiger partial charge in [0.15, 0.2) is 6.10 Å². The Kier molecular flexibility index (Phi) is 58.6. The summed E-state index contributed by atoms with van der Waals surface area (Å²) in [6.07, 6.45) is 72.0. The van der Waals surface area contributed by atoms with Crippen molar-refractivity contribution in [3.8, 4) is 0 Å². The van der Waals surface area contributed by atoms with Gasteiger partial charge in [-0.15, -0.1) is 0 Å². The molecule has 0 aliphatic rings. The molecule has 1 atom stereocenters. The van der Waals surface area contributed by atoms with E-state index in [9.17, 15) is 14.4 Å². The summed E-state index contributed by atoms with van der Waals surface area (Å²) < 4.78 is 16.9. The Morgan fingerprint density at radius 1 is 0.268 bits per heavy atom. The molecule has 418 valence electrons. The van der Waals surface area contributed by atoms with Gasteiger partial charge < -0.3 is 14.2 Å². The van der Waals surface area contributed by atoms with Crippen molar-refractivity contribution in [3.05, 3.63) is 24.3 Å². The Bertz CT molecular complexity index is 1150. The lowest BCUT2D eigenvalue weighted by Gasteiger charge is -2.18. The van der Waals surface area contributed by atoms with Gasteiger partial charge in [0.25, 0.3) is 0 Å². The van der Waals surface area contributed by atoms with Gasteiger partial charge in [0, 0.05) is 19.3 Å². The Hall–Kier alpha value is -2.11. The third kappa shape index (κ3) is 58.7. The van der Waals surface area contributed by atoms with Gasteiger partial charge in [0.05, 0.1) is 0 Å². The lowest BCUT2D eigenvalue weighted by Crippen LogP contribution is -2.30. The highest BCUT2D eigenvalue weighted by molar-refractivity contribution is 5.71. The molecule has 0 spiro atoms. The number of carbonyl (C=O) groups excluding carboxylic acids is 3. The summed E-state index contributed by atoms with van der Waals surface area (Å²) in [7, 11) is 0. The van der Waals surface area contributed by atoms with E-state index < -0.39 is 6.10 Å². The van der Waals surface area contributed by atoms with E-state index in [4.69, 9.17) is 14.2 Å². The molecular weight excluding hydrogens is 877 g/mol. The topological polar surface area (TPSA) is 78.9 Å². The van der Waals surface area contributed by atoms with E-state index in [1.165, 1.54) is 244 Å². The van der Waals surface area contributed by atoms with Crippen LogP contribution in [0.15, 0.2) is 24.3 Å². The minimum atomic E-state index is -0.775. The summed E-state index contributed by atoms with van der Waals surface area (Å²) >= 11 is 0. The number of unbranched alkanes of at least 4 members (excludes halogenated alkanes) is 44. The molecule has 6 nitrogen and oxygen atoms in total. The second-order valence-electron chi connectivity index (χ2n) is 21.7. The molecule has 0 radical (unpaired) electrons. The number of hydrogen-bond donors (Lipinski definition) is 0. The van der Waals surface area contributed by atoms with E-state index in [1.54, 1.807) is 0 Å². The Morgan fingerprint density at radius 3 is 0.732 bits per heavy atom. The van der Waals surface area contributed by atoms with Crippen molar-refractivity contribution in [2.75, 3.05) is 13.2 Å². The zero-order chi connectivity index (χ0) is 51.4. The van der Waals surface area contributed by atoms with Crippen LogP contribution in [0.4, 0.5) is 0 Å². The van der Waals surface area contributed by atoms with E-state index >= 15 is 0 Å². The maximum Gasteiger partial charge on any atom is 0.306 e. The molecule has 0 rings (SSSR count). The molecule has 6 heteroatoms. The fourth-order valence-corrected chi connectivity index (χ4v) is 9.61. The van der Waals surface area contributed by atoms with Crippen LogP contribution in [0.3, 0.4) is 0 Å². The van der Waals surface area contributed by atoms with E-state index in [2.05, 4.69) is 45.1 Å². The summed E-state index contributed by atoms with van der Waals surface area (Å²) in [6.45, 7) is 6.65. The molecule has 1 unspecified atom stereocenters. The van der Waals surface area contributed by atoms with Crippen LogP contribution < -0.4 is 0 Å². The standard InChI is InChI=1S/C65H122O6/c1-4-7-10-13-16-19-22-25-27-28-29-30-31-32-33-34-35-36-37-39-40-43-46-49-52-55-58-64(67)70-61-62(60-69-63(66)57-54-51-48-45-42-24-21-18-15-12-9-6-3)71-65(68)59-56-53-50-47-44-41-38-26-23-20-17-14-11-8-5-2/h18,21,26,38,62H,4-17,19-20,22-25,27-37,39-61H2,1-3H3/b21-18-,38-26-. The predicted molar refractivity (Wildman–Crippen MR) is 307 cm³/mol. The van der Waals surface area contributed by atoms with Gasteiger partial charge in [-0.25, -0.2) is 0 Å². The SMILES string of the molecule is CCCCC/C=C\CCCCCCCC(=O)OCC(COC(=O)CCCCCCCCCCCCCCCCCCCCCCCCCCCC)OC(=O)CCCCCCC/C=C\CCCCCCCC. The Balaban J connectivity index is 4.18. The summed E-state index contributed by atoms with van der Waals surface area (Å²) in [5.74, 6) is -0.868. The first-order chi connectivity index (χ1) is 35.0. The van der Waals surface area contributed by atoms with Crippen LogP contribution >= 0.6 is 0 Å². The summed E-state index contributed by atoms with van der Waals surface area (Å²) in [5.41, 5.74) is 0. The van der Waals surface area contributed by atoms with E-state index in [0.29, 0.717) is 19.3 Å². The summed E-state index contributed by atoms with van der Waals surface area (Å²) in [5, 5.41) is 0. The van der Waals surface area contributed by atoms with Crippen molar-refractivity contribution < 1.29 is 28.6 Å². The quantitative estimate of drug-likeness (QED) is 0.0261. The number of rotatable bonds is 59. The number of hydrogen-bond acceptors (Lipinski definition) is 6. The number of carbonyl (C=O) groups is 3. The molecule has 0 N–H and O–H groups in total. The highest BCUT2D eigenvalue weighted by Gasteiger charge is 2.19. The summed E-state index contributed by atoms with van der Waals surface area (Å²) in [6, 6.07) is 0. The summed E-state index contributed by atoms with van der Waals surface area (Å²) in [4.78, 5) is 38.2. The van der Waals surface area contributed by atoms with Crippen molar-refractivity contribution in [2.24, 2.45) is 0 Å². The van der Waals surface area contributed by atoms with E-state index in [0.717, 1.165) is 70.6 Å². The van der Waals surface area contributed by atoms with Crippen molar-refractivity contribution in [1.82, 2.24) is 0 Å². The first-order valence-electron chi connectivity index (χ1n) is 31.8. The van der Waals surface area contributed by atoms with E-state index in [-0.39, 0.29) is 31.1 Å². The van der Waals surface area contributed by atoms with Crippen LogP contribution in [0, 0.1) is 0 Å². The van der Waals surface area contributed by atoms with Gasteiger partial charge in [-0.3, -0.25) is 14.4 Å².